The van der Waals surface area contributed by atoms with Gasteiger partial charge in [0, 0.05) is 25.7 Å². The first-order valence-electron chi connectivity index (χ1n) is 4.61. The fourth-order valence-electron chi connectivity index (χ4n) is 2.34. The van der Waals surface area contributed by atoms with E-state index in [2.05, 4.69) is 6.58 Å². The molecular weight excluding hydrogens is 186 g/mol. The Labute approximate surface area is 76.9 Å². The molecule has 0 radical (unpaired) electrons. The quantitative estimate of drug-likeness (QED) is 0.509. The Morgan fingerprint density at radius 1 is 1.46 bits per heavy atom. The van der Waals surface area contributed by atoms with Crippen LogP contribution in [0.3, 0.4) is 0 Å². The maximum atomic E-state index is 12.1. The second-order valence-electron chi connectivity index (χ2n) is 4.51. The number of hydrogen-bond donors (Lipinski definition) is 1. The highest BCUT2D eigenvalue weighted by Crippen LogP contribution is 2.71. The Kier molecular flexibility index (Phi) is 1.02. The first kappa shape index (κ1) is 7.88. The summed E-state index contributed by atoms with van der Waals surface area (Å²) in [4.78, 5) is 11.8. The number of carbonyl (C=O) groups is 1. The molecule has 2 aliphatic carbocycles. The predicted octanol–water partition coefficient (Wildman–Crippen LogP) is 0.183. The molecule has 1 unspecified atom stereocenters. The molecule has 1 aliphatic heterocycles. The van der Waals surface area contributed by atoms with Gasteiger partial charge in [0.05, 0.1) is 0 Å². The molecule has 1 saturated heterocycles. The zero-order valence-electron chi connectivity index (χ0n) is 7.31. The number of nitrogens with two attached hydrogens (primary N) is 1. The zero-order chi connectivity index (χ0) is 9.46. The molecule has 4 atom stereocenters. The highest BCUT2D eigenvalue weighted by Gasteiger charge is 2.85. The first-order valence-corrected chi connectivity index (χ1v) is 6.77. The lowest BCUT2D eigenvalue weighted by Gasteiger charge is -2.23. The van der Waals surface area contributed by atoms with Gasteiger partial charge in [-0.15, -0.1) is 6.58 Å². The van der Waals surface area contributed by atoms with E-state index >= 15 is 0 Å². The summed E-state index contributed by atoms with van der Waals surface area (Å²) >= 11 is 0. The smallest absolute Gasteiger partial charge is 0.213 e. The molecule has 2 saturated carbocycles. The topological polar surface area (TPSA) is 60.2 Å². The summed E-state index contributed by atoms with van der Waals surface area (Å²) in [7, 11) is -3.23. The van der Waals surface area contributed by atoms with Crippen molar-refractivity contribution in [3.05, 3.63) is 12.7 Å². The lowest BCUT2D eigenvalue weighted by Crippen LogP contribution is -2.45. The summed E-state index contributed by atoms with van der Waals surface area (Å²) in [5.41, 5.74) is 0. The monoisotopic (exact) mass is 199 g/mol. The highest BCUT2D eigenvalue weighted by atomic mass is 32.3. The number of allylic oxidation sites excluding steroid dienone is 1. The van der Waals surface area contributed by atoms with Gasteiger partial charge in [0.25, 0.3) is 0 Å². The van der Waals surface area contributed by atoms with Crippen molar-refractivity contribution in [3.63, 3.8) is 0 Å². The molecule has 1 heterocycles. The maximum absolute atomic E-state index is 12.1. The van der Waals surface area contributed by atoms with E-state index in [1.54, 1.807) is 6.08 Å². The third kappa shape index (κ3) is 0.668. The average molecular weight is 199 g/mol. The second-order valence-corrected chi connectivity index (χ2v) is 8.39. The Balaban J connectivity index is 1.85. The van der Waals surface area contributed by atoms with E-state index in [1.165, 1.54) is 0 Å². The van der Waals surface area contributed by atoms with E-state index in [1.807, 2.05) is 0 Å². The van der Waals surface area contributed by atoms with Crippen LogP contribution in [0.25, 0.3) is 0 Å². The van der Waals surface area contributed by atoms with Gasteiger partial charge in [0.1, 0.15) is 0 Å². The van der Waals surface area contributed by atoms with Crippen molar-refractivity contribution < 1.29 is 9.00 Å². The van der Waals surface area contributed by atoms with Crippen molar-refractivity contribution in [2.24, 2.45) is 17.0 Å². The lowest BCUT2D eigenvalue weighted by atomic mass is 10.3. The third-order valence-corrected chi connectivity index (χ3v) is 8.11. The standard InChI is InChI=1S/C9H13NO2S/c1-2-5-3-6(5)9(11)13(10,12)7-4-8(7)13/h2,5-8H,1,3-4H2,(H2,10,12)/t5-,6+,7+,8?/m1/s1. The van der Waals surface area contributed by atoms with Crippen LogP contribution in [-0.4, -0.2) is 19.8 Å². The van der Waals surface area contributed by atoms with E-state index in [0.717, 1.165) is 12.8 Å². The molecule has 0 spiro atoms. The van der Waals surface area contributed by atoms with Gasteiger partial charge >= 0.3 is 0 Å². The van der Waals surface area contributed by atoms with Gasteiger partial charge in [-0.05, 0) is 18.8 Å². The van der Waals surface area contributed by atoms with Crippen LogP contribution in [0.2, 0.25) is 0 Å². The zero-order valence-corrected chi connectivity index (χ0v) is 8.13. The average Bonchev–Trinajstić information content (AvgIpc) is 2.91. The predicted molar refractivity (Wildman–Crippen MR) is 51.3 cm³/mol. The minimum Gasteiger partial charge on any atom is -0.285 e. The van der Waals surface area contributed by atoms with E-state index < -0.39 is 9.25 Å². The molecule has 3 nitrogen and oxygen atoms in total. The van der Waals surface area contributed by atoms with Crippen LogP contribution in [0.15, 0.2) is 12.7 Å². The molecular formula is C9H13NO2S. The Bertz CT molecular complexity index is 388. The van der Waals surface area contributed by atoms with Crippen molar-refractivity contribution in [1.82, 2.24) is 0 Å². The van der Waals surface area contributed by atoms with Crippen molar-refractivity contribution in [2.45, 2.75) is 23.3 Å². The van der Waals surface area contributed by atoms with Gasteiger partial charge in [0.15, 0.2) is 0 Å². The molecule has 0 bridgehead atoms. The molecule has 72 valence electrons. The molecule has 0 amide bonds. The number of rotatable bonds is 2. The number of carbonyl (C=O) groups excluding carboxylic acids is 1. The number of fused-ring (bicyclic) bond motifs is 1. The normalized spacial score (nSPS) is 55.0. The SMILES string of the molecule is C=C[C@@H]1C[C@@H]1C(=O)S1(N)(=O)C2C[C@@H]21. The fourth-order valence-corrected chi connectivity index (χ4v) is 6.30. The molecule has 2 N–H and O–H groups in total. The summed E-state index contributed by atoms with van der Waals surface area (Å²) in [5, 5.41) is 5.75. The van der Waals surface area contributed by atoms with Crippen molar-refractivity contribution in [2.75, 3.05) is 0 Å². The van der Waals surface area contributed by atoms with Gasteiger partial charge in [-0.25, -0.2) is 0 Å². The van der Waals surface area contributed by atoms with Gasteiger partial charge in [-0.3, -0.25) is 14.1 Å². The molecule has 0 aromatic rings. The Hall–Kier alpha value is -0.480. The molecule has 3 fully saturated rings. The van der Waals surface area contributed by atoms with Gasteiger partial charge < -0.3 is 0 Å². The van der Waals surface area contributed by atoms with Crippen molar-refractivity contribution >= 4 is 14.4 Å². The Morgan fingerprint density at radius 3 is 2.38 bits per heavy atom. The molecule has 3 aliphatic rings. The van der Waals surface area contributed by atoms with E-state index in [4.69, 9.17) is 5.14 Å². The van der Waals surface area contributed by atoms with E-state index in [0.29, 0.717) is 0 Å². The fraction of sp³-hybridized carbons (Fsp3) is 0.667. The lowest BCUT2D eigenvalue weighted by molar-refractivity contribution is -0.113. The number of hydrogen-bond acceptors (Lipinski definition) is 2. The minimum atomic E-state index is -3.23. The van der Waals surface area contributed by atoms with Crippen molar-refractivity contribution in [1.29, 1.82) is 0 Å². The molecule has 4 heteroatoms. The van der Waals surface area contributed by atoms with Crippen molar-refractivity contribution in [3.8, 4) is 0 Å². The van der Waals surface area contributed by atoms with Gasteiger partial charge in [-0.2, -0.15) is 0 Å². The van der Waals surface area contributed by atoms with Crippen LogP contribution in [0.1, 0.15) is 12.8 Å². The van der Waals surface area contributed by atoms with Gasteiger partial charge in [-0.1, -0.05) is 6.08 Å². The van der Waals surface area contributed by atoms with Crippen LogP contribution < -0.4 is 5.14 Å². The van der Waals surface area contributed by atoms with Crippen LogP contribution in [0.5, 0.6) is 0 Å². The minimum absolute atomic E-state index is 0.0604. The summed E-state index contributed by atoms with van der Waals surface area (Å²) in [6, 6.07) is 0. The van der Waals surface area contributed by atoms with Crippen LogP contribution in [0.4, 0.5) is 0 Å². The third-order valence-electron chi connectivity index (χ3n) is 3.72. The first-order chi connectivity index (χ1) is 5.99. The van der Waals surface area contributed by atoms with Crippen LogP contribution in [-0.2, 0) is 14.0 Å². The summed E-state index contributed by atoms with van der Waals surface area (Å²) in [6.07, 6.45) is 3.50. The second kappa shape index (κ2) is 1.68. The van der Waals surface area contributed by atoms with Crippen LogP contribution in [0, 0.1) is 11.8 Å². The van der Waals surface area contributed by atoms with Crippen LogP contribution >= 0.6 is 0 Å². The molecule has 13 heavy (non-hydrogen) atoms. The largest absolute Gasteiger partial charge is 0.285 e. The Morgan fingerprint density at radius 2 is 2.08 bits per heavy atom. The van der Waals surface area contributed by atoms with E-state index in [-0.39, 0.29) is 27.5 Å². The summed E-state index contributed by atoms with van der Waals surface area (Å²) in [5.74, 6) is 0.188. The maximum Gasteiger partial charge on any atom is 0.213 e. The van der Waals surface area contributed by atoms with Gasteiger partial charge in [0.2, 0.25) is 5.12 Å². The summed E-state index contributed by atoms with van der Waals surface area (Å²) < 4.78 is 12.1. The van der Waals surface area contributed by atoms with E-state index in [9.17, 15) is 9.00 Å². The molecule has 0 aromatic carbocycles. The summed E-state index contributed by atoms with van der Waals surface area (Å²) in [6.45, 7) is 3.63. The molecule has 0 aromatic heterocycles. The molecule has 3 rings (SSSR count). The highest BCUT2D eigenvalue weighted by molar-refractivity contribution is 8.38.